The van der Waals surface area contributed by atoms with Crippen molar-refractivity contribution >= 4 is 5.91 Å². The number of nitrogens with two attached hydrogens (primary N) is 1. The molecule has 16 heavy (non-hydrogen) atoms. The minimum Gasteiger partial charge on any atom is -0.355 e. The summed E-state index contributed by atoms with van der Waals surface area (Å²) in [5.41, 5.74) is 5.90. The highest BCUT2D eigenvalue weighted by Crippen LogP contribution is 2.32. The molecule has 0 spiro atoms. The molecule has 1 saturated carbocycles. The second kappa shape index (κ2) is 5.64. The van der Waals surface area contributed by atoms with Gasteiger partial charge in [0.2, 0.25) is 5.91 Å². The molecular weight excluding hydrogens is 202 g/mol. The number of carbonyl (C=O) groups excluding carboxylic acids is 1. The topological polar surface area (TPSA) is 58.4 Å². The minimum atomic E-state index is 0.0896. The molecule has 2 rings (SSSR count). The fourth-order valence-electron chi connectivity index (χ4n) is 2.34. The molecule has 1 amide bonds. The van der Waals surface area contributed by atoms with Crippen molar-refractivity contribution in [3.05, 3.63) is 0 Å². The van der Waals surface area contributed by atoms with Crippen LogP contribution in [0.3, 0.4) is 0 Å². The van der Waals surface area contributed by atoms with Crippen LogP contribution < -0.4 is 11.1 Å². The molecule has 2 fully saturated rings. The van der Waals surface area contributed by atoms with Gasteiger partial charge in [-0.3, -0.25) is 4.79 Å². The smallest absolute Gasteiger partial charge is 0.221 e. The molecule has 0 aromatic heterocycles. The van der Waals surface area contributed by atoms with Crippen molar-refractivity contribution in [3.63, 3.8) is 0 Å². The number of carbonyl (C=O) groups is 1. The lowest BCUT2D eigenvalue weighted by Gasteiger charge is -2.15. The van der Waals surface area contributed by atoms with E-state index in [4.69, 9.17) is 5.73 Å². The zero-order valence-electron chi connectivity index (χ0n) is 9.95. The summed E-state index contributed by atoms with van der Waals surface area (Å²) < 4.78 is 0. The predicted octanol–water partition coefficient (Wildman–Crippen LogP) is 0.326. The van der Waals surface area contributed by atoms with Crippen LogP contribution in [0.15, 0.2) is 0 Å². The molecule has 4 heteroatoms. The Balaban J connectivity index is 1.52. The fourth-order valence-corrected chi connectivity index (χ4v) is 2.34. The van der Waals surface area contributed by atoms with Crippen LogP contribution in [-0.4, -0.2) is 43.0 Å². The molecule has 0 aromatic carbocycles. The number of likely N-dealkylation sites (tertiary alicyclic amines) is 1. The van der Waals surface area contributed by atoms with Crippen molar-refractivity contribution in [3.8, 4) is 0 Å². The molecule has 92 valence electrons. The summed E-state index contributed by atoms with van der Waals surface area (Å²) in [6.07, 6.45) is 5.54. The van der Waals surface area contributed by atoms with Gasteiger partial charge in [-0.2, -0.15) is 0 Å². The summed E-state index contributed by atoms with van der Waals surface area (Å²) >= 11 is 0. The molecule has 0 aromatic rings. The number of amides is 1. The standard InChI is InChI=1S/C12H23N3O/c13-11(10-3-4-10)9-12(16)14-5-8-15-6-1-2-7-15/h10-11H,1-9,13H2,(H,14,16). The lowest BCUT2D eigenvalue weighted by molar-refractivity contribution is -0.121. The predicted molar refractivity (Wildman–Crippen MR) is 64.0 cm³/mol. The zero-order valence-corrected chi connectivity index (χ0v) is 9.95. The van der Waals surface area contributed by atoms with E-state index in [1.54, 1.807) is 0 Å². The van der Waals surface area contributed by atoms with E-state index >= 15 is 0 Å². The van der Waals surface area contributed by atoms with E-state index in [9.17, 15) is 4.79 Å². The van der Waals surface area contributed by atoms with Gasteiger partial charge < -0.3 is 16.0 Å². The summed E-state index contributed by atoms with van der Waals surface area (Å²) in [7, 11) is 0. The summed E-state index contributed by atoms with van der Waals surface area (Å²) in [6, 6.07) is 0.0896. The third kappa shape index (κ3) is 3.76. The van der Waals surface area contributed by atoms with Crippen molar-refractivity contribution in [1.82, 2.24) is 10.2 Å². The van der Waals surface area contributed by atoms with Crippen molar-refractivity contribution in [1.29, 1.82) is 0 Å². The largest absolute Gasteiger partial charge is 0.355 e. The van der Waals surface area contributed by atoms with E-state index in [0.29, 0.717) is 12.3 Å². The van der Waals surface area contributed by atoms with Gasteiger partial charge in [0, 0.05) is 25.6 Å². The van der Waals surface area contributed by atoms with Crippen LogP contribution in [0.1, 0.15) is 32.1 Å². The first kappa shape index (κ1) is 11.9. The van der Waals surface area contributed by atoms with Gasteiger partial charge in [0.05, 0.1) is 0 Å². The van der Waals surface area contributed by atoms with E-state index < -0.39 is 0 Å². The summed E-state index contributed by atoms with van der Waals surface area (Å²) in [5.74, 6) is 0.739. The zero-order chi connectivity index (χ0) is 11.4. The SMILES string of the molecule is NC(CC(=O)NCCN1CCCC1)C1CC1. The average molecular weight is 225 g/mol. The highest BCUT2D eigenvalue weighted by Gasteiger charge is 2.29. The normalized spacial score (nSPS) is 23.3. The summed E-state index contributed by atoms with van der Waals surface area (Å²) in [6.45, 7) is 4.15. The van der Waals surface area contributed by atoms with Crippen LogP contribution in [0.2, 0.25) is 0 Å². The van der Waals surface area contributed by atoms with Crippen molar-refractivity contribution in [2.45, 2.75) is 38.1 Å². The third-order valence-corrected chi connectivity index (χ3v) is 3.60. The van der Waals surface area contributed by atoms with Gasteiger partial charge in [0.25, 0.3) is 0 Å². The molecule has 1 heterocycles. The number of hydrogen-bond acceptors (Lipinski definition) is 3. The van der Waals surface area contributed by atoms with Gasteiger partial charge >= 0.3 is 0 Å². The molecule has 4 nitrogen and oxygen atoms in total. The van der Waals surface area contributed by atoms with E-state index in [1.165, 1.54) is 38.8 Å². The van der Waals surface area contributed by atoms with Crippen LogP contribution in [-0.2, 0) is 4.79 Å². The molecular formula is C12H23N3O. The lowest BCUT2D eigenvalue weighted by Crippen LogP contribution is -2.37. The Kier molecular flexibility index (Phi) is 4.18. The van der Waals surface area contributed by atoms with Crippen LogP contribution in [0.4, 0.5) is 0 Å². The number of rotatable bonds is 6. The Bertz CT molecular complexity index is 234. The van der Waals surface area contributed by atoms with E-state index in [0.717, 1.165) is 13.1 Å². The minimum absolute atomic E-state index is 0.0896. The molecule has 1 atom stereocenters. The Morgan fingerprint density at radius 3 is 2.69 bits per heavy atom. The maximum atomic E-state index is 11.5. The first-order valence-electron chi connectivity index (χ1n) is 6.50. The highest BCUT2D eigenvalue weighted by atomic mass is 16.1. The number of nitrogens with zero attached hydrogens (tertiary/aromatic N) is 1. The molecule has 1 saturated heterocycles. The summed E-state index contributed by atoms with van der Waals surface area (Å²) in [4.78, 5) is 14.0. The van der Waals surface area contributed by atoms with E-state index in [-0.39, 0.29) is 11.9 Å². The number of nitrogens with one attached hydrogen (secondary N) is 1. The van der Waals surface area contributed by atoms with Crippen molar-refractivity contribution in [2.24, 2.45) is 11.7 Å². The monoisotopic (exact) mass is 225 g/mol. The molecule has 1 aliphatic heterocycles. The molecule has 0 radical (unpaired) electrons. The van der Waals surface area contributed by atoms with E-state index in [1.807, 2.05) is 0 Å². The van der Waals surface area contributed by atoms with Gasteiger partial charge in [-0.05, 0) is 44.7 Å². The van der Waals surface area contributed by atoms with Crippen molar-refractivity contribution in [2.75, 3.05) is 26.2 Å². The van der Waals surface area contributed by atoms with Crippen LogP contribution in [0, 0.1) is 5.92 Å². The molecule has 0 bridgehead atoms. The maximum absolute atomic E-state index is 11.5. The highest BCUT2D eigenvalue weighted by molar-refractivity contribution is 5.76. The Morgan fingerprint density at radius 1 is 1.38 bits per heavy atom. The maximum Gasteiger partial charge on any atom is 0.221 e. The Hall–Kier alpha value is -0.610. The molecule has 1 aliphatic carbocycles. The molecule has 3 N–H and O–H groups in total. The van der Waals surface area contributed by atoms with Gasteiger partial charge in [0.15, 0.2) is 0 Å². The molecule has 2 aliphatic rings. The quantitative estimate of drug-likeness (QED) is 0.685. The average Bonchev–Trinajstić information content (AvgIpc) is 2.98. The van der Waals surface area contributed by atoms with Gasteiger partial charge in [-0.15, -0.1) is 0 Å². The second-order valence-corrected chi connectivity index (χ2v) is 5.10. The van der Waals surface area contributed by atoms with Crippen molar-refractivity contribution < 1.29 is 4.79 Å². The fraction of sp³-hybridized carbons (Fsp3) is 0.917. The van der Waals surface area contributed by atoms with Gasteiger partial charge in [-0.25, -0.2) is 0 Å². The third-order valence-electron chi connectivity index (χ3n) is 3.60. The Labute approximate surface area is 97.6 Å². The molecule has 1 unspecified atom stereocenters. The van der Waals surface area contributed by atoms with Crippen LogP contribution >= 0.6 is 0 Å². The summed E-state index contributed by atoms with van der Waals surface area (Å²) in [5, 5.41) is 2.96. The van der Waals surface area contributed by atoms with Crippen LogP contribution in [0.25, 0.3) is 0 Å². The number of hydrogen-bond donors (Lipinski definition) is 2. The van der Waals surface area contributed by atoms with Crippen LogP contribution in [0.5, 0.6) is 0 Å². The Morgan fingerprint density at radius 2 is 2.06 bits per heavy atom. The van der Waals surface area contributed by atoms with Gasteiger partial charge in [-0.1, -0.05) is 0 Å². The first-order valence-corrected chi connectivity index (χ1v) is 6.50. The first-order chi connectivity index (χ1) is 7.75. The van der Waals surface area contributed by atoms with Gasteiger partial charge in [0.1, 0.15) is 0 Å². The van der Waals surface area contributed by atoms with E-state index in [2.05, 4.69) is 10.2 Å². The second-order valence-electron chi connectivity index (χ2n) is 5.10. The lowest BCUT2D eigenvalue weighted by atomic mass is 10.1.